The molecule has 0 N–H and O–H groups in total. The Morgan fingerprint density at radius 1 is 1.27 bits per heavy atom. The summed E-state index contributed by atoms with van der Waals surface area (Å²) < 4.78 is 4.90. The molecule has 0 aliphatic rings. The summed E-state index contributed by atoms with van der Waals surface area (Å²) in [6.45, 7) is 2.03. The van der Waals surface area contributed by atoms with E-state index in [4.69, 9.17) is 4.74 Å². The number of rotatable bonds is 2. The SMILES string of the molecule is COC=C(C)c1ccccc1. The van der Waals surface area contributed by atoms with Crippen LogP contribution < -0.4 is 0 Å². The molecular formula is C10H12O. The van der Waals surface area contributed by atoms with Crippen molar-refractivity contribution < 1.29 is 4.74 Å². The zero-order valence-electron chi connectivity index (χ0n) is 6.87. The lowest BCUT2D eigenvalue weighted by Gasteiger charge is -1.98. The smallest absolute Gasteiger partial charge is 0.0859 e. The maximum Gasteiger partial charge on any atom is 0.0859 e. The van der Waals surface area contributed by atoms with Crippen LogP contribution in [0.2, 0.25) is 0 Å². The summed E-state index contributed by atoms with van der Waals surface area (Å²) >= 11 is 0. The number of benzene rings is 1. The van der Waals surface area contributed by atoms with E-state index in [9.17, 15) is 0 Å². The fourth-order valence-electron chi connectivity index (χ4n) is 0.946. The summed E-state index contributed by atoms with van der Waals surface area (Å²) in [5, 5.41) is 0. The Labute approximate surface area is 67.3 Å². The van der Waals surface area contributed by atoms with Gasteiger partial charge >= 0.3 is 0 Å². The van der Waals surface area contributed by atoms with Crippen LogP contribution in [0.25, 0.3) is 5.57 Å². The number of allylic oxidation sites excluding steroid dienone is 1. The van der Waals surface area contributed by atoms with Crippen molar-refractivity contribution in [3.8, 4) is 0 Å². The van der Waals surface area contributed by atoms with Crippen LogP contribution >= 0.6 is 0 Å². The van der Waals surface area contributed by atoms with E-state index < -0.39 is 0 Å². The number of hydrogen-bond acceptors (Lipinski definition) is 1. The van der Waals surface area contributed by atoms with E-state index in [-0.39, 0.29) is 0 Å². The Hall–Kier alpha value is -1.24. The minimum absolute atomic E-state index is 1.15. The van der Waals surface area contributed by atoms with Crippen LogP contribution in [0.3, 0.4) is 0 Å². The molecule has 0 spiro atoms. The second-order valence-corrected chi connectivity index (χ2v) is 2.40. The number of ether oxygens (including phenoxy) is 1. The van der Waals surface area contributed by atoms with Crippen molar-refractivity contribution in [1.29, 1.82) is 0 Å². The van der Waals surface area contributed by atoms with Gasteiger partial charge in [0.05, 0.1) is 13.4 Å². The van der Waals surface area contributed by atoms with Gasteiger partial charge in [-0.1, -0.05) is 30.3 Å². The first-order valence-corrected chi connectivity index (χ1v) is 3.59. The van der Waals surface area contributed by atoms with Crippen LogP contribution in [0, 0.1) is 0 Å². The molecule has 1 aromatic rings. The molecule has 1 nitrogen and oxygen atoms in total. The Morgan fingerprint density at radius 3 is 2.45 bits per heavy atom. The first-order valence-electron chi connectivity index (χ1n) is 3.59. The lowest BCUT2D eigenvalue weighted by Crippen LogP contribution is -1.78. The third-order valence-corrected chi connectivity index (χ3v) is 1.52. The fraction of sp³-hybridized carbons (Fsp3) is 0.200. The van der Waals surface area contributed by atoms with Crippen LogP contribution in [0.4, 0.5) is 0 Å². The highest BCUT2D eigenvalue weighted by Crippen LogP contribution is 2.11. The second kappa shape index (κ2) is 3.81. The summed E-state index contributed by atoms with van der Waals surface area (Å²) in [6.07, 6.45) is 1.75. The van der Waals surface area contributed by atoms with Crippen molar-refractivity contribution in [2.75, 3.05) is 7.11 Å². The van der Waals surface area contributed by atoms with Crippen molar-refractivity contribution in [2.45, 2.75) is 6.92 Å². The van der Waals surface area contributed by atoms with Gasteiger partial charge in [-0.25, -0.2) is 0 Å². The molecule has 0 heterocycles. The third kappa shape index (κ3) is 2.11. The van der Waals surface area contributed by atoms with Gasteiger partial charge in [0.15, 0.2) is 0 Å². The molecule has 0 radical (unpaired) electrons. The molecule has 0 amide bonds. The molecule has 1 rings (SSSR count). The molecule has 0 aliphatic heterocycles. The molecule has 0 bridgehead atoms. The molecule has 1 heteroatoms. The molecule has 1 aromatic carbocycles. The highest BCUT2D eigenvalue weighted by Gasteiger charge is 1.91. The van der Waals surface area contributed by atoms with Gasteiger partial charge in [-0.15, -0.1) is 0 Å². The van der Waals surface area contributed by atoms with Crippen LogP contribution in [0.15, 0.2) is 36.6 Å². The minimum atomic E-state index is 1.15. The zero-order chi connectivity index (χ0) is 8.10. The number of methoxy groups -OCH3 is 1. The zero-order valence-corrected chi connectivity index (χ0v) is 6.87. The van der Waals surface area contributed by atoms with Gasteiger partial charge in [-0.3, -0.25) is 0 Å². The van der Waals surface area contributed by atoms with Gasteiger partial charge in [0.2, 0.25) is 0 Å². The molecule has 11 heavy (non-hydrogen) atoms. The van der Waals surface area contributed by atoms with E-state index >= 15 is 0 Å². The Bertz CT molecular complexity index is 236. The number of hydrogen-bond donors (Lipinski definition) is 0. The molecule has 0 atom stereocenters. The van der Waals surface area contributed by atoms with Gasteiger partial charge in [-0.2, -0.15) is 0 Å². The first-order chi connectivity index (χ1) is 5.34. The predicted molar refractivity (Wildman–Crippen MR) is 47.1 cm³/mol. The van der Waals surface area contributed by atoms with Gasteiger partial charge in [0, 0.05) is 0 Å². The molecule has 58 valence electrons. The summed E-state index contributed by atoms with van der Waals surface area (Å²) in [5.41, 5.74) is 2.35. The van der Waals surface area contributed by atoms with Crippen molar-refractivity contribution in [2.24, 2.45) is 0 Å². The van der Waals surface area contributed by atoms with Crippen molar-refractivity contribution in [3.63, 3.8) is 0 Å². The normalized spacial score (nSPS) is 11.3. The van der Waals surface area contributed by atoms with E-state index in [0.717, 1.165) is 5.57 Å². The topological polar surface area (TPSA) is 9.23 Å². The minimum Gasteiger partial charge on any atom is -0.504 e. The van der Waals surface area contributed by atoms with Crippen molar-refractivity contribution in [3.05, 3.63) is 42.2 Å². The standard InChI is InChI=1S/C10H12O/c1-9(8-11-2)10-6-4-3-5-7-10/h3-8H,1-2H3. The Kier molecular flexibility index (Phi) is 2.73. The van der Waals surface area contributed by atoms with Crippen LogP contribution in [-0.2, 0) is 4.74 Å². The maximum atomic E-state index is 4.90. The maximum absolute atomic E-state index is 4.90. The van der Waals surface area contributed by atoms with E-state index in [2.05, 4.69) is 12.1 Å². The molecular weight excluding hydrogens is 136 g/mol. The van der Waals surface area contributed by atoms with Crippen LogP contribution in [-0.4, -0.2) is 7.11 Å². The highest BCUT2D eigenvalue weighted by atomic mass is 16.5. The molecule has 0 unspecified atom stereocenters. The fourth-order valence-corrected chi connectivity index (χ4v) is 0.946. The first kappa shape index (κ1) is 7.86. The summed E-state index contributed by atoms with van der Waals surface area (Å²) in [7, 11) is 1.66. The summed E-state index contributed by atoms with van der Waals surface area (Å²) in [6, 6.07) is 10.2. The summed E-state index contributed by atoms with van der Waals surface area (Å²) in [5.74, 6) is 0. The Balaban J connectivity index is 2.85. The average Bonchev–Trinajstić information content (AvgIpc) is 2.07. The van der Waals surface area contributed by atoms with Crippen molar-refractivity contribution >= 4 is 5.57 Å². The van der Waals surface area contributed by atoms with Gasteiger partial charge in [0.1, 0.15) is 0 Å². The van der Waals surface area contributed by atoms with Gasteiger partial charge < -0.3 is 4.74 Å². The molecule has 0 saturated heterocycles. The van der Waals surface area contributed by atoms with E-state index in [1.54, 1.807) is 13.4 Å². The van der Waals surface area contributed by atoms with E-state index in [1.165, 1.54) is 5.56 Å². The third-order valence-electron chi connectivity index (χ3n) is 1.52. The highest BCUT2D eigenvalue weighted by molar-refractivity contribution is 5.62. The lowest BCUT2D eigenvalue weighted by molar-refractivity contribution is 0.339. The molecule has 0 aliphatic carbocycles. The largest absolute Gasteiger partial charge is 0.504 e. The quantitative estimate of drug-likeness (QED) is 0.586. The summed E-state index contributed by atoms with van der Waals surface area (Å²) in [4.78, 5) is 0. The van der Waals surface area contributed by atoms with Gasteiger partial charge in [-0.05, 0) is 18.1 Å². The average molecular weight is 148 g/mol. The van der Waals surface area contributed by atoms with Crippen LogP contribution in [0.5, 0.6) is 0 Å². The van der Waals surface area contributed by atoms with E-state index in [1.807, 2.05) is 25.1 Å². The second-order valence-electron chi connectivity index (χ2n) is 2.40. The van der Waals surface area contributed by atoms with Crippen molar-refractivity contribution in [1.82, 2.24) is 0 Å². The lowest BCUT2D eigenvalue weighted by atomic mass is 10.1. The molecule has 0 aromatic heterocycles. The predicted octanol–water partition coefficient (Wildman–Crippen LogP) is 2.69. The monoisotopic (exact) mass is 148 g/mol. The molecule has 0 fully saturated rings. The Morgan fingerprint density at radius 2 is 1.91 bits per heavy atom. The van der Waals surface area contributed by atoms with E-state index in [0.29, 0.717) is 0 Å². The van der Waals surface area contributed by atoms with Crippen LogP contribution in [0.1, 0.15) is 12.5 Å². The molecule has 0 saturated carbocycles. The van der Waals surface area contributed by atoms with Gasteiger partial charge in [0.25, 0.3) is 0 Å².